The number of imidazole rings is 1. The van der Waals surface area contributed by atoms with Crippen molar-refractivity contribution in [3.63, 3.8) is 0 Å². The molecule has 0 radical (unpaired) electrons. The van der Waals surface area contributed by atoms with Crippen LogP contribution in [0.3, 0.4) is 0 Å². The SMILES string of the molecule is Cl.N=CN(N)/N=C/c1nccn1Cc1ccc(Cl)cc1. The van der Waals surface area contributed by atoms with Crippen molar-refractivity contribution in [2.45, 2.75) is 6.54 Å². The number of nitrogens with zero attached hydrogens (tertiary/aromatic N) is 4. The summed E-state index contributed by atoms with van der Waals surface area (Å²) in [4.78, 5) is 4.17. The molecule has 3 N–H and O–H groups in total. The zero-order valence-electron chi connectivity index (χ0n) is 10.5. The maximum atomic E-state index is 6.91. The summed E-state index contributed by atoms with van der Waals surface area (Å²) in [6.45, 7) is 0.660. The van der Waals surface area contributed by atoms with Crippen LogP contribution in [0.5, 0.6) is 0 Å². The summed E-state index contributed by atoms with van der Waals surface area (Å²) in [7, 11) is 0. The number of rotatable bonds is 5. The third-order valence-corrected chi connectivity index (χ3v) is 2.70. The summed E-state index contributed by atoms with van der Waals surface area (Å²) in [6, 6.07) is 7.60. The first-order valence-corrected chi connectivity index (χ1v) is 5.91. The Bertz CT molecular complexity index is 578. The van der Waals surface area contributed by atoms with Gasteiger partial charge in [-0.05, 0) is 17.7 Å². The van der Waals surface area contributed by atoms with E-state index in [4.69, 9.17) is 22.9 Å². The number of nitrogens with two attached hydrogens (primary N) is 1. The van der Waals surface area contributed by atoms with Gasteiger partial charge in [0.25, 0.3) is 0 Å². The van der Waals surface area contributed by atoms with E-state index in [1.54, 1.807) is 6.20 Å². The molecule has 0 spiro atoms. The van der Waals surface area contributed by atoms with Crippen LogP contribution in [-0.2, 0) is 6.54 Å². The fourth-order valence-corrected chi connectivity index (χ4v) is 1.65. The van der Waals surface area contributed by atoms with Gasteiger partial charge in [-0.3, -0.25) is 5.41 Å². The van der Waals surface area contributed by atoms with E-state index in [1.165, 1.54) is 6.21 Å². The van der Waals surface area contributed by atoms with Gasteiger partial charge in [0.1, 0.15) is 6.34 Å². The van der Waals surface area contributed by atoms with Crippen molar-refractivity contribution in [2.75, 3.05) is 0 Å². The van der Waals surface area contributed by atoms with Crippen LogP contribution in [0.2, 0.25) is 5.02 Å². The van der Waals surface area contributed by atoms with Crippen molar-refractivity contribution in [2.24, 2.45) is 10.9 Å². The first-order valence-electron chi connectivity index (χ1n) is 5.53. The van der Waals surface area contributed by atoms with Crippen LogP contribution >= 0.6 is 24.0 Å². The second kappa shape index (κ2) is 7.64. The van der Waals surface area contributed by atoms with Crippen molar-refractivity contribution in [1.82, 2.24) is 14.7 Å². The van der Waals surface area contributed by atoms with Crippen LogP contribution in [0.1, 0.15) is 11.4 Å². The minimum absolute atomic E-state index is 0. The molecule has 0 aliphatic rings. The van der Waals surface area contributed by atoms with Crippen molar-refractivity contribution in [3.05, 3.63) is 53.1 Å². The number of benzene rings is 1. The summed E-state index contributed by atoms with van der Waals surface area (Å²) in [5.41, 5.74) is 1.11. The van der Waals surface area contributed by atoms with E-state index < -0.39 is 0 Å². The van der Waals surface area contributed by atoms with Gasteiger partial charge in [0.15, 0.2) is 5.82 Å². The average Bonchev–Trinajstić information content (AvgIpc) is 2.86. The van der Waals surface area contributed by atoms with E-state index in [1.807, 2.05) is 35.0 Å². The molecule has 0 unspecified atom stereocenters. The highest BCUT2D eigenvalue weighted by Gasteiger charge is 2.01. The summed E-state index contributed by atoms with van der Waals surface area (Å²) in [5, 5.41) is 12.4. The highest BCUT2D eigenvalue weighted by atomic mass is 35.5. The van der Waals surface area contributed by atoms with Gasteiger partial charge in [-0.1, -0.05) is 23.7 Å². The third-order valence-electron chi connectivity index (χ3n) is 2.45. The molecule has 0 saturated carbocycles. The fraction of sp³-hybridized carbons (Fsp3) is 0.0833. The molecular weight excluding hydrogens is 299 g/mol. The topological polar surface area (TPSA) is 83.3 Å². The van der Waals surface area contributed by atoms with Gasteiger partial charge >= 0.3 is 0 Å². The Balaban J connectivity index is 0.00000200. The first-order chi connectivity index (χ1) is 9.19. The van der Waals surface area contributed by atoms with Gasteiger partial charge in [-0.2, -0.15) is 10.2 Å². The molecule has 2 aromatic rings. The van der Waals surface area contributed by atoms with Gasteiger partial charge in [0, 0.05) is 24.0 Å². The van der Waals surface area contributed by atoms with Crippen molar-refractivity contribution >= 4 is 36.6 Å². The molecular formula is C12H14Cl2N6. The Hall–Kier alpha value is -1.89. The van der Waals surface area contributed by atoms with Gasteiger partial charge in [0.2, 0.25) is 0 Å². The number of hydrogen-bond acceptors (Lipinski definition) is 4. The molecule has 1 aromatic heterocycles. The van der Waals surface area contributed by atoms with Gasteiger partial charge in [-0.15, -0.1) is 12.4 Å². The quantitative estimate of drug-likeness (QED) is 0.384. The van der Waals surface area contributed by atoms with Gasteiger partial charge < -0.3 is 4.57 Å². The van der Waals surface area contributed by atoms with Crippen LogP contribution in [0.4, 0.5) is 0 Å². The number of hydrazine groups is 1. The predicted octanol–water partition coefficient (Wildman–Crippen LogP) is 2.12. The Morgan fingerprint density at radius 1 is 1.40 bits per heavy atom. The molecule has 0 aliphatic carbocycles. The minimum atomic E-state index is 0. The highest BCUT2D eigenvalue weighted by molar-refractivity contribution is 6.30. The monoisotopic (exact) mass is 312 g/mol. The summed E-state index contributed by atoms with van der Waals surface area (Å²) >= 11 is 5.84. The number of hydrogen-bond donors (Lipinski definition) is 2. The number of halogens is 2. The molecule has 1 aromatic carbocycles. The normalized spacial score (nSPS) is 10.3. The van der Waals surface area contributed by atoms with Crippen LogP contribution in [0, 0.1) is 5.41 Å². The molecule has 8 heteroatoms. The standard InChI is InChI=1S/C12H13ClN6.ClH/c13-11-3-1-10(2-4-11)8-18-6-5-16-12(18)7-17-19(15)9-14;/h1-7,9,14H,8,15H2;1H/b14-9?,17-7+;. The summed E-state index contributed by atoms with van der Waals surface area (Å²) < 4.78 is 1.92. The number of aromatic nitrogens is 2. The fourth-order valence-electron chi connectivity index (χ4n) is 1.52. The second-order valence-electron chi connectivity index (χ2n) is 3.79. The van der Waals surface area contributed by atoms with E-state index in [0.717, 1.165) is 17.0 Å². The lowest BCUT2D eigenvalue weighted by Crippen LogP contribution is -2.23. The molecule has 0 saturated heterocycles. The maximum Gasteiger partial charge on any atom is 0.153 e. The lowest BCUT2D eigenvalue weighted by Gasteiger charge is -2.06. The Kier molecular flexibility index (Phi) is 6.17. The van der Waals surface area contributed by atoms with Crippen molar-refractivity contribution in [1.29, 1.82) is 5.41 Å². The van der Waals surface area contributed by atoms with Gasteiger partial charge in [0.05, 0.1) is 6.21 Å². The zero-order valence-corrected chi connectivity index (χ0v) is 12.1. The van der Waals surface area contributed by atoms with Crippen LogP contribution in [0.15, 0.2) is 41.8 Å². The highest BCUT2D eigenvalue weighted by Crippen LogP contribution is 2.11. The maximum absolute atomic E-state index is 6.91. The average molecular weight is 313 g/mol. The molecule has 6 nitrogen and oxygen atoms in total. The predicted molar refractivity (Wildman–Crippen MR) is 82.4 cm³/mol. The second-order valence-corrected chi connectivity index (χ2v) is 4.23. The molecule has 0 aliphatic heterocycles. The minimum Gasteiger partial charge on any atom is -0.326 e. The first kappa shape index (κ1) is 16.2. The van der Waals surface area contributed by atoms with Crippen molar-refractivity contribution < 1.29 is 0 Å². The molecule has 0 amide bonds. The van der Waals surface area contributed by atoms with E-state index in [2.05, 4.69) is 10.1 Å². The Labute approximate surface area is 127 Å². The summed E-state index contributed by atoms with van der Waals surface area (Å²) in [5.74, 6) is 6.01. The lowest BCUT2D eigenvalue weighted by molar-refractivity contribution is 0.485. The van der Waals surface area contributed by atoms with Gasteiger partial charge in [-0.25, -0.2) is 10.8 Å². The molecule has 0 bridgehead atoms. The molecule has 2 rings (SSSR count). The molecule has 1 heterocycles. The molecule has 106 valence electrons. The van der Waals surface area contributed by atoms with Crippen LogP contribution in [-0.4, -0.2) is 27.2 Å². The third kappa shape index (κ3) is 4.34. The lowest BCUT2D eigenvalue weighted by atomic mass is 10.2. The zero-order chi connectivity index (χ0) is 13.7. The molecule has 0 fully saturated rings. The van der Waals surface area contributed by atoms with E-state index in [-0.39, 0.29) is 12.4 Å². The summed E-state index contributed by atoms with van der Waals surface area (Å²) in [6.07, 6.45) is 5.94. The van der Waals surface area contributed by atoms with Crippen LogP contribution in [0.25, 0.3) is 0 Å². The largest absolute Gasteiger partial charge is 0.326 e. The molecule has 20 heavy (non-hydrogen) atoms. The Morgan fingerprint density at radius 3 is 2.75 bits per heavy atom. The van der Waals surface area contributed by atoms with Crippen molar-refractivity contribution in [3.8, 4) is 0 Å². The number of nitrogens with one attached hydrogen (secondary N) is 1. The smallest absolute Gasteiger partial charge is 0.153 e. The van der Waals surface area contributed by atoms with E-state index in [9.17, 15) is 0 Å². The van der Waals surface area contributed by atoms with E-state index >= 15 is 0 Å². The van der Waals surface area contributed by atoms with Crippen LogP contribution < -0.4 is 5.84 Å². The van der Waals surface area contributed by atoms with E-state index in [0.29, 0.717) is 17.4 Å². The molecule has 0 atom stereocenters. The Morgan fingerprint density at radius 2 is 2.10 bits per heavy atom. The number of hydrazone groups is 1.